The van der Waals surface area contributed by atoms with Gasteiger partial charge >= 0.3 is 6.03 Å². The van der Waals surface area contributed by atoms with Crippen LogP contribution >= 0.6 is 11.3 Å². The molecule has 2 N–H and O–H groups in total. The number of hydrogen-bond acceptors (Lipinski definition) is 4. The molecular weight excluding hydrogens is 284 g/mol. The second-order valence-electron chi connectivity index (χ2n) is 4.59. The molecular formula is C15H14N4OS. The highest BCUT2D eigenvalue weighted by Crippen LogP contribution is 2.25. The van der Waals surface area contributed by atoms with Crippen molar-refractivity contribution in [3.8, 4) is 0 Å². The molecule has 0 aliphatic carbocycles. The molecule has 0 saturated heterocycles. The van der Waals surface area contributed by atoms with Crippen molar-refractivity contribution >= 4 is 32.7 Å². The third kappa shape index (κ3) is 3.17. The average Bonchev–Trinajstić information content (AvgIpc) is 2.90. The molecule has 0 fully saturated rings. The molecule has 0 aliphatic rings. The van der Waals surface area contributed by atoms with E-state index >= 15 is 0 Å². The number of thiazole rings is 1. The van der Waals surface area contributed by atoms with E-state index in [0.29, 0.717) is 5.13 Å². The molecule has 0 saturated carbocycles. The van der Waals surface area contributed by atoms with Crippen LogP contribution in [0.2, 0.25) is 0 Å². The molecule has 1 unspecified atom stereocenters. The third-order valence-electron chi connectivity index (χ3n) is 3.05. The highest BCUT2D eigenvalue weighted by Gasteiger charge is 2.11. The maximum absolute atomic E-state index is 12.0. The third-order valence-corrected chi connectivity index (χ3v) is 4.00. The Morgan fingerprint density at radius 1 is 1.24 bits per heavy atom. The molecule has 2 heterocycles. The van der Waals surface area contributed by atoms with Crippen LogP contribution < -0.4 is 10.6 Å². The molecule has 106 valence electrons. The largest absolute Gasteiger partial charge is 0.331 e. The lowest BCUT2D eigenvalue weighted by molar-refractivity contribution is 0.249. The van der Waals surface area contributed by atoms with Gasteiger partial charge in [-0.1, -0.05) is 29.5 Å². The Morgan fingerprint density at radius 2 is 2.10 bits per heavy atom. The summed E-state index contributed by atoms with van der Waals surface area (Å²) in [5.41, 5.74) is 1.84. The Hall–Kier alpha value is -2.47. The van der Waals surface area contributed by atoms with Gasteiger partial charge in [-0.3, -0.25) is 10.3 Å². The normalized spacial score (nSPS) is 12.0. The predicted octanol–water partition coefficient (Wildman–Crippen LogP) is 3.57. The number of fused-ring (bicyclic) bond motifs is 1. The van der Waals surface area contributed by atoms with Gasteiger partial charge in [0.15, 0.2) is 5.13 Å². The Balaban J connectivity index is 1.66. The Kier molecular flexibility index (Phi) is 3.79. The molecule has 0 radical (unpaired) electrons. The number of benzene rings is 1. The highest BCUT2D eigenvalue weighted by atomic mass is 32.1. The number of nitrogens with zero attached hydrogens (tertiary/aromatic N) is 2. The van der Waals surface area contributed by atoms with Crippen LogP contribution in [0.15, 0.2) is 48.8 Å². The molecule has 1 aromatic carbocycles. The zero-order valence-corrected chi connectivity index (χ0v) is 12.2. The molecule has 1 atom stereocenters. The fourth-order valence-electron chi connectivity index (χ4n) is 1.97. The van der Waals surface area contributed by atoms with E-state index in [-0.39, 0.29) is 12.1 Å². The van der Waals surface area contributed by atoms with Crippen molar-refractivity contribution in [1.29, 1.82) is 0 Å². The van der Waals surface area contributed by atoms with Gasteiger partial charge < -0.3 is 5.32 Å². The lowest BCUT2D eigenvalue weighted by Gasteiger charge is -2.13. The van der Waals surface area contributed by atoms with Gasteiger partial charge in [0.1, 0.15) is 0 Å². The van der Waals surface area contributed by atoms with E-state index in [0.717, 1.165) is 15.8 Å². The maximum atomic E-state index is 12.0. The van der Waals surface area contributed by atoms with E-state index in [1.54, 1.807) is 12.4 Å². The van der Waals surface area contributed by atoms with Crippen LogP contribution in [-0.4, -0.2) is 16.0 Å². The number of amides is 2. The first kappa shape index (κ1) is 13.5. The minimum absolute atomic E-state index is 0.118. The van der Waals surface area contributed by atoms with Crippen molar-refractivity contribution in [3.05, 3.63) is 54.4 Å². The minimum Gasteiger partial charge on any atom is -0.331 e. The quantitative estimate of drug-likeness (QED) is 0.776. The SMILES string of the molecule is CC(NC(=O)Nc1nc2ccccc2s1)c1cccnc1. The van der Waals surface area contributed by atoms with Crippen LogP contribution in [0.3, 0.4) is 0 Å². The van der Waals surface area contributed by atoms with E-state index in [4.69, 9.17) is 0 Å². The molecule has 3 rings (SSSR count). The monoisotopic (exact) mass is 298 g/mol. The maximum Gasteiger partial charge on any atom is 0.321 e. The lowest BCUT2D eigenvalue weighted by atomic mass is 10.1. The van der Waals surface area contributed by atoms with Gasteiger partial charge in [-0.25, -0.2) is 9.78 Å². The molecule has 21 heavy (non-hydrogen) atoms. The standard InChI is InChI=1S/C15H14N4OS/c1-10(11-5-4-8-16-9-11)17-14(20)19-15-18-12-6-2-3-7-13(12)21-15/h2-10H,1H3,(H2,17,18,19,20). The fraction of sp³-hybridized carbons (Fsp3) is 0.133. The Bertz CT molecular complexity index is 723. The zero-order valence-electron chi connectivity index (χ0n) is 11.4. The second kappa shape index (κ2) is 5.88. The number of hydrogen-bond donors (Lipinski definition) is 2. The topological polar surface area (TPSA) is 66.9 Å². The summed E-state index contributed by atoms with van der Waals surface area (Å²) in [5, 5.41) is 6.22. The number of nitrogens with one attached hydrogen (secondary N) is 2. The molecule has 0 bridgehead atoms. The van der Waals surface area contributed by atoms with Gasteiger partial charge in [0, 0.05) is 12.4 Å². The number of anilines is 1. The predicted molar refractivity (Wildman–Crippen MR) is 84.4 cm³/mol. The highest BCUT2D eigenvalue weighted by molar-refractivity contribution is 7.22. The molecule has 0 spiro atoms. The van der Waals surface area contributed by atoms with Gasteiger partial charge in [-0.15, -0.1) is 0 Å². The van der Waals surface area contributed by atoms with E-state index in [1.807, 2.05) is 43.3 Å². The fourth-order valence-corrected chi connectivity index (χ4v) is 2.83. The summed E-state index contributed by atoms with van der Waals surface area (Å²) in [6, 6.07) is 11.2. The number of para-hydroxylation sites is 1. The first-order chi connectivity index (χ1) is 10.2. The second-order valence-corrected chi connectivity index (χ2v) is 5.62. The van der Waals surface area contributed by atoms with Crippen LogP contribution in [-0.2, 0) is 0 Å². The van der Waals surface area contributed by atoms with Gasteiger partial charge in [-0.05, 0) is 30.7 Å². The number of aromatic nitrogens is 2. The van der Waals surface area contributed by atoms with E-state index < -0.39 is 0 Å². The minimum atomic E-state index is -0.273. The zero-order chi connectivity index (χ0) is 14.7. The number of rotatable bonds is 3. The van der Waals surface area contributed by atoms with E-state index in [2.05, 4.69) is 20.6 Å². The summed E-state index contributed by atoms with van der Waals surface area (Å²) in [7, 11) is 0. The summed E-state index contributed by atoms with van der Waals surface area (Å²) >= 11 is 1.45. The molecule has 2 aromatic heterocycles. The molecule has 5 nitrogen and oxygen atoms in total. The first-order valence-electron chi connectivity index (χ1n) is 6.55. The molecule has 0 aliphatic heterocycles. The number of urea groups is 1. The lowest BCUT2D eigenvalue weighted by Crippen LogP contribution is -2.31. The average molecular weight is 298 g/mol. The summed E-state index contributed by atoms with van der Waals surface area (Å²) in [4.78, 5) is 20.4. The van der Waals surface area contributed by atoms with Crippen LogP contribution in [0, 0.1) is 0 Å². The van der Waals surface area contributed by atoms with Gasteiger partial charge in [0.25, 0.3) is 0 Å². The summed E-state index contributed by atoms with van der Waals surface area (Å²) in [6.07, 6.45) is 3.44. The van der Waals surface area contributed by atoms with Crippen LogP contribution in [0.25, 0.3) is 10.2 Å². The van der Waals surface area contributed by atoms with Gasteiger partial charge in [-0.2, -0.15) is 0 Å². The van der Waals surface area contributed by atoms with Crippen molar-refractivity contribution in [1.82, 2.24) is 15.3 Å². The number of carbonyl (C=O) groups excluding carboxylic acids is 1. The summed E-state index contributed by atoms with van der Waals surface area (Å²) < 4.78 is 1.05. The Morgan fingerprint density at radius 3 is 2.86 bits per heavy atom. The molecule has 3 aromatic rings. The van der Waals surface area contributed by atoms with Crippen molar-refractivity contribution in [2.45, 2.75) is 13.0 Å². The van der Waals surface area contributed by atoms with Crippen molar-refractivity contribution in [2.24, 2.45) is 0 Å². The first-order valence-corrected chi connectivity index (χ1v) is 7.37. The van der Waals surface area contributed by atoms with Crippen molar-refractivity contribution in [3.63, 3.8) is 0 Å². The van der Waals surface area contributed by atoms with Crippen LogP contribution in [0.5, 0.6) is 0 Å². The van der Waals surface area contributed by atoms with Crippen LogP contribution in [0.4, 0.5) is 9.93 Å². The van der Waals surface area contributed by atoms with E-state index in [9.17, 15) is 4.79 Å². The molecule has 2 amide bonds. The van der Waals surface area contributed by atoms with Gasteiger partial charge in [0.2, 0.25) is 0 Å². The smallest absolute Gasteiger partial charge is 0.321 e. The molecule has 6 heteroatoms. The van der Waals surface area contributed by atoms with Crippen LogP contribution in [0.1, 0.15) is 18.5 Å². The van der Waals surface area contributed by atoms with Crippen molar-refractivity contribution < 1.29 is 4.79 Å². The summed E-state index contributed by atoms with van der Waals surface area (Å²) in [5.74, 6) is 0. The Labute approximate surface area is 126 Å². The van der Waals surface area contributed by atoms with Gasteiger partial charge in [0.05, 0.1) is 16.3 Å². The van der Waals surface area contributed by atoms with Crippen molar-refractivity contribution in [2.75, 3.05) is 5.32 Å². The van der Waals surface area contributed by atoms with E-state index in [1.165, 1.54) is 11.3 Å². The number of pyridine rings is 1. The summed E-state index contributed by atoms with van der Waals surface area (Å²) in [6.45, 7) is 1.91. The number of carbonyl (C=O) groups is 1.